The van der Waals surface area contributed by atoms with Gasteiger partial charge in [-0.3, -0.25) is 9.68 Å². The molecule has 0 spiro atoms. The highest BCUT2D eigenvalue weighted by Crippen LogP contribution is 1.95. The molecule has 0 aromatic rings. The Balaban J connectivity index is 3.15. The molecule has 63 valence electrons. The Morgan fingerprint density at radius 3 is 2.82 bits per heavy atom. The molecule has 0 aliphatic carbocycles. The third-order valence-corrected chi connectivity index (χ3v) is 0.929. The van der Waals surface area contributed by atoms with E-state index >= 15 is 0 Å². The van der Waals surface area contributed by atoms with E-state index in [-0.39, 0.29) is 12.8 Å². The largest absolute Gasteiger partial charge is 0.342 e. The molecule has 0 aromatic heterocycles. The van der Waals surface area contributed by atoms with Crippen LogP contribution >= 0.6 is 0 Å². The molecule has 0 amide bonds. The average Bonchev–Trinajstić information content (AvgIpc) is 2.01. The zero-order valence-corrected chi connectivity index (χ0v) is 6.46. The number of carbonyl (C=O) groups excluding carboxylic acids is 2. The lowest BCUT2D eigenvalue weighted by molar-refractivity contribution is -0.269. The molecule has 4 heteroatoms. The van der Waals surface area contributed by atoms with Crippen molar-refractivity contribution in [3.05, 3.63) is 0 Å². The number of hydrogen-bond acceptors (Lipinski definition) is 4. The predicted molar refractivity (Wildman–Crippen MR) is 37.3 cm³/mol. The molecule has 11 heavy (non-hydrogen) atoms. The van der Waals surface area contributed by atoms with Crippen molar-refractivity contribution < 1.29 is 19.4 Å². The Morgan fingerprint density at radius 1 is 1.55 bits per heavy atom. The molecule has 0 atom stereocenters. The minimum absolute atomic E-state index is 0.204. The van der Waals surface area contributed by atoms with Crippen LogP contribution in [0.15, 0.2) is 0 Å². The van der Waals surface area contributed by atoms with E-state index in [2.05, 4.69) is 9.78 Å². The normalized spacial score (nSPS) is 9.18. The van der Waals surface area contributed by atoms with Gasteiger partial charge in [0, 0.05) is 12.8 Å². The van der Waals surface area contributed by atoms with Crippen LogP contribution in [0.1, 0.15) is 26.2 Å². The van der Waals surface area contributed by atoms with Crippen LogP contribution < -0.4 is 0 Å². The fourth-order valence-corrected chi connectivity index (χ4v) is 0.471. The van der Waals surface area contributed by atoms with Gasteiger partial charge in [0.25, 0.3) is 0 Å². The van der Waals surface area contributed by atoms with Crippen LogP contribution in [0.2, 0.25) is 0 Å². The first-order valence-electron chi connectivity index (χ1n) is 3.48. The van der Waals surface area contributed by atoms with E-state index in [4.69, 9.17) is 0 Å². The van der Waals surface area contributed by atoms with Gasteiger partial charge in [0.15, 0.2) is 6.29 Å². The topological polar surface area (TPSA) is 52.6 Å². The highest BCUT2D eigenvalue weighted by atomic mass is 17.2. The summed E-state index contributed by atoms with van der Waals surface area (Å²) >= 11 is 0. The minimum Gasteiger partial charge on any atom is -0.298 e. The molecule has 0 aromatic carbocycles. The van der Waals surface area contributed by atoms with Gasteiger partial charge in [-0.05, 0) is 13.3 Å². The van der Waals surface area contributed by atoms with Crippen molar-refractivity contribution in [1.29, 1.82) is 0 Å². The summed E-state index contributed by atoms with van der Waals surface area (Å²) in [5.74, 6) is -0.442. The summed E-state index contributed by atoms with van der Waals surface area (Å²) < 4.78 is 0. The summed E-state index contributed by atoms with van der Waals surface area (Å²) in [7, 11) is 0. The Morgan fingerprint density at radius 2 is 2.27 bits per heavy atom. The van der Waals surface area contributed by atoms with Crippen LogP contribution in [0, 0.1) is 0 Å². The molecule has 0 N–H and O–H groups in total. The minimum atomic E-state index is -0.442. The molecule has 0 saturated heterocycles. The second kappa shape index (κ2) is 7.21. The quantitative estimate of drug-likeness (QED) is 0.326. The molecule has 0 fully saturated rings. The van der Waals surface area contributed by atoms with Crippen molar-refractivity contribution in [3.8, 4) is 0 Å². The highest BCUT2D eigenvalue weighted by Gasteiger charge is 2.01. The maximum absolute atomic E-state index is 10.6. The summed E-state index contributed by atoms with van der Waals surface area (Å²) in [6, 6.07) is 0. The van der Waals surface area contributed by atoms with Crippen LogP contribution in [0.25, 0.3) is 0 Å². The van der Waals surface area contributed by atoms with Gasteiger partial charge in [0.05, 0.1) is 6.61 Å². The van der Waals surface area contributed by atoms with Gasteiger partial charge in [-0.1, -0.05) is 0 Å². The molecule has 4 nitrogen and oxygen atoms in total. The number of hydrogen-bond donors (Lipinski definition) is 0. The Hall–Kier alpha value is -0.900. The monoisotopic (exact) mass is 159 g/mol. The first kappa shape index (κ1) is 10.1. The van der Waals surface area contributed by atoms with Crippen LogP contribution in [0.5, 0.6) is 0 Å². The molecule has 0 saturated carbocycles. The fraction of sp³-hybridized carbons (Fsp3) is 0.714. The third kappa shape index (κ3) is 6.99. The fourth-order valence-electron chi connectivity index (χ4n) is 0.471. The summed E-state index contributed by atoms with van der Waals surface area (Å²) in [5.41, 5.74) is 0. The van der Waals surface area contributed by atoms with E-state index in [0.717, 1.165) is 0 Å². The van der Waals surface area contributed by atoms with Crippen molar-refractivity contribution in [1.82, 2.24) is 0 Å². The molecular weight excluding hydrogens is 148 g/mol. The van der Waals surface area contributed by atoms with E-state index in [0.29, 0.717) is 13.0 Å². The molecule has 0 rings (SSSR count). The number of carbonyl (C=O) groups is 1. The second-order valence-corrected chi connectivity index (χ2v) is 1.86. The highest BCUT2D eigenvalue weighted by molar-refractivity contribution is 5.69. The lowest BCUT2D eigenvalue weighted by Crippen LogP contribution is -2.04. The van der Waals surface area contributed by atoms with Crippen molar-refractivity contribution in [2.24, 2.45) is 0 Å². The zero-order valence-electron chi connectivity index (χ0n) is 6.46. The van der Waals surface area contributed by atoms with Gasteiger partial charge < -0.3 is 0 Å². The van der Waals surface area contributed by atoms with Gasteiger partial charge in [-0.2, -0.15) is 4.89 Å². The van der Waals surface area contributed by atoms with Crippen molar-refractivity contribution in [3.63, 3.8) is 0 Å². The lowest BCUT2D eigenvalue weighted by Gasteiger charge is -1.98. The SMILES string of the molecule is CCOOC(=O)CCC[C]=O. The van der Waals surface area contributed by atoms with Crippen molar-refractivity contribution in [2.75, 3.05) is 6.61 Å². The first-order chi connectivity index (χ1) is 5.31. The van der Waals surface area contributed by atoms with E-state index in [1.54, 1.807) is 13.2 Å². The average molecular weight is 159 g/mol. The van der Waals surface area contributed by atoms with E-state index in [9.17, 15) is 9.59 Å². The maximum atomic E-state index is 10.6. The van der Waals surface area contributed by atoms with E-state index < -0.39 is 5.97 Å². The second-order valence-electron chi connectivity index (χ2n) is 1.86. The molecule has 0 bridgehead atoms. The Bertz CT molecular complexity index is 122. The van der Waals surface area contributed by atoms with Crippen molar-refractivity contribution >= 4 is 12.3 Å². The summed E-state index contributed by atoms with van der Waals surface area (Å²) in [6.45, 7) is 2.05. The Kier molecular flexibility index (Phi) is 6.62. The van der Waals surface area contributed by atoms with Crippen LogP contribution in [0.4, 0.5) is 0 Å². The van der Waals surface area contributed by atoms with Gasteiger partial charge in [-0.15, -0.1) is 0 Å². The predicted octanol–water partition coefficient (Wildman–Crippen LogP) is 0.761. The maximum Gasteiger partial charge on any atom is 0.342 e. The smallest absolute Gasteiger partial charge is 0.298 e. The molecule has 0 heterocycles. The molecular formula is C7H11O4. The van der Waals surface area contributed by atoms with Gasteiger partial charge in [-0.25, -0.2) is 4.79 Å². The molecule has 0 aliphatic rings. The van der Waals surface area contributed by atoms with Gasteiger partial charge >= 0.3 is 5.97 Å². The zero-order chi connectivity index (χ0) is 8.53. The molecule has 0 aliphatic heterocycles. The van der Waals surface area contributed by atoms with E-state index in [1.807, 2.05) is 0 Å². The molecule has 1 radical (unpaired) electrons. The molecule has 0 unspecified atom stereocenters. The third-order valence-electron chi connectivity index (χ3n) is 0.929. The van der Waals surface area contributed by atoms with Crippen LogP contribution in [-0.4, -0.2) is 18.9 Å². The lowest BCUT2D eigenvalue weighted by atomic mass is 10.2. The standard InChI is InChI=1S/C7H11O4/c1-2-10-11-7(9)5-3-4-6-8/h2-5H2,1H3. The number of unbranched alkanes of at least 4 members (excludes halogenated alkanes) is 1. The summed E-state index contributed by atoms with van der Waals surface area (Å²) in [5, 5.41) is 0. The first-order valence-corrected chi connectivity index (χ1v) is 3.48. The summed E-state index contributed by atoms with van der Waals surface area (Å²) in [4.78, 5) is 28.9. The van der Waals surface area contributed by atoms with Crippen LogP contribution in [-0.2, 0) is 19.4 Å². The van der Waals surface area contributed by atoms with Crippen molar-refractivity contribution in [2.45, 2.75) is 26.2 Å². The van der Waals surface area contributed by atoms with Gasteiger partial charge in [0.1, 0.15) is 0 Å². The Labute approximate surface area is 65.4 Å². The van der Waals surface area contributed by atoms with Gasteiger partial charge in [0.2, 0.25) is 0 Å². The van der Waals surface area contributed by atoms with Crippen LogP contribution in [0.3, 0.4) is 0 Å². The van der Waals surface area contributed by atoms with E-state index in [1.165, 1.54) is 0 Å². The number of rotatable bonds is 6. The summed E-state index contributed by atoms with van der Waals surface area (Å²) in [6.07, 6.45) is 2.62.